The first kappa shape index (κ1) is 21.7. The standard InChI is InChI=1S/C24H26ClNO5/c1-13-6-5-7-15(23(13)25)18-10-16(27)22-20(30-4)11-19(29-3)21(24(22)31-18)14-8-9-26(2)12-17(14)28/h5-7,10-11,14,17,28H,8-9,12H2,1-4H3/t14-,17+/m1/s1. The second kappa shape index (κ2) is 8.54. The molecule has 3 aromatic rings. The fourth-order valence-electron chi connectivity index (χ4n) is 4.38. The Labute approximate surface area is 185 Å². The number of benzene rings is 2. The number of ether oxygens (including phenoxy) is 2. The molecular weight excluding hydrogens is 418 g/mol. The monoisotopic (exact) mass is 443 g/mol. The summed E-state index contributed by atoms with van der Waals surface area (Å²) in [6, 6.07) is 8.72. The van der Waals surface area contributed by atoms with Crippen LogP contribution in [0.5, 0.6) is 11.5 Å². The smallest absolute Gasteiger partial charge is 0.197 e. The van der Waals surface area contributed by atoms with Gasteiger partial charge in [-0.3, -0.25) is 4.79 Å². The second-order valence-electron chi connectivity index (χ2n) is 8.04. The number of piperidine rings is 1. The number of hydrogen-bond acceptors (Lipinski definition) is 6. The summed E-state index contributed by atoms with van der Waals surface area (Å²) in [4.78, 5) is 15.3. The molecule has 2 aromatic carbocycles. The van der Waals surface area contributed by atoms with Crippen molar-refractivity contribution in [3.8, 4) is 22.8 Å². The van der Waals surface area contributed by atoms with E-state index in [1.807, 2.05) is 32.2 Å². The second-order valence-corrected chi connectivity index (χ2v) is 8.41. The molecule has 31 heavy (non-hydrogen) atoms. The number of aliphatic hydroxyl groups excluding tert-OH is 1. The lowest BCUT2D eigenvalue weighted by atomic mass is 9.85. The molecule has 0 aliphatic carbocycles. The molecule has 0 spiro atoms. The van der Waals surface area contributed by atoms with E-state index in [1.54, 1.807) is 13.2 Å². The number of halogens is 1. The van der Waals surface area contributed by atoms with Crippen LogP contribution in [-0.2, 0) is 0 Å². The van der Waals surface area contributed by atoms with Gasteiger partial charge < -0.3 is 23.9 Å². The van der Waals surface area contributed by atoms with Crippen LogP contribution < -0.4 is 14.9 Å². The third kappa shape index (κ3) is 3.80. The van der Waals surface area contributed by atoms with Crippen molar-refractivity contribution in [2.75, 3.05) is 34.4 Å². The van der Waals surface area contributed by atoms with Crippen LogP contribution in [0.4, 0.5) is 0 Å². The molecule has 164 valence electrons. The normalized spacial score (nSPS) is 19.5. The summed E-state index contributed by atoms with van der Waals surface area (Å²) >= 11 is 6.52. The lowest BCUT2D eigenvalue weighted by molar-refractivity contribution is 0.0630. The maximum absolute atomic E-state index is 13.2. The highest BCUT2D eigenvalue weighted by atomic mass is 35.5. The molecule has 2 atom stereocenters. The van der Waals surface area contributed by atoms with Gasteiger partial charge in [-0.1, -0.05) is 23.7 Å². The molecule has 1 fully saturated rings. The minimum Gasteiger partial charge on any atom is -0.496 e. The van der Waals surface area contributed by atoms with Gasteiger partial charge in [0.05, 0.1) is 25.3 Å². The van der Waals surface area contributed by atoms with Gasteiger partial charge in [0.1, 0.15) is 28.2 Å². The van der Waals surface area contributed by atoms with Gasteiger partial charge in [0.25, 0.3) is 0 Å². The number of methoxy groups -OCH3 is 2. The Morgan fingerprint density at radius 1 is 1.19 bits per heavy atom. The quantitative estimate of drug-likeness (QED) is 0.651. The zero-order valence-corrected chi connectivity index (χ0v) is 18.8. The average molecular weight is 444 g/mol. The minimum absolute atomic E-state index is 0.239. The van der Waals surface area contributed by atoms with Crippen LogP contribution in [-0.4, -0.2) is 50.5 Å². The van der Waals surface area contributed by atoms with E-state index in [9.17, 15) is 9.90 Å². The zero-order valence-electron chi connectivity index (χ0n) is 18.1. The van der Waals surface area contributed by atoms with E-state index in [2.05, 4.69) is 4.90 Å². The van der Waals surface area contributed by atoms with Crippen molar-refractivity contribution in [3.05, 3.63) is 56.7 Å². The molecule has 1 N–H and O–H groups in total. The average Bonchev–Trinajstić information content (AvgIpc) is 2.74. The SMILES string of the molecule is COc1cc(OC)c2c(=O)cc(-c3cccc(C)c3Cl)oc2c1[C@@H]1CCN(C)C[C@@H]1O. The van der Waals surface area contributed by atoms with E-state index in [0.29, 0.717) is 57.3 Å². The Hall–Kier alpha value is -2.54. The van der Waals surface area contributed by atoms with Crippen LogP contribution in [0.25, 0.3) is 22.3 Å². The first-order chi connectivity index (χ1) is 14.8. The van der Waals surface area contributed by atoms with Gasteiger partial charge in [-0.2, -0.15) is 0 Å². The third-order valence-corrected chi connectivity index (χ3v) is 6.52. The van der Waals surface area contributed by atoms with E-state index in [4.69, 9.17) is 25.5 Å². The number of hydrogen-bond donors (Lipinski definition) is 1. The molecule has 0 radical (unpaired) electrons. The fourth-order valence-corrected chi connectivity index (χ4v) is 4.59. The molecule has 7 heteroatoms. The summed E-state index contributed by atoms with van der Waals surface area (Å²) < 4.78 is 17.5. The van der Waals surface area contributed by atoms with Gasteiger partial charge in [0, 0.05) is 35.7 Å². The number of aliphatic hydroxyl groups is 1. The minimum atomic E-state index is -0.624. The molecule has 4 rings (SSSR count). The van der Waals surface area contributed by atoms with Crippen molar-refractivity contribution < 1.29 is 19.0 Å². The van der Waals surface area contributed by atoms with E-state index < -0.39 is 6.10 Å². The largest absolute Gasteiger partial charge is 0.496 e. The third-order valence-electron chi connectivity index (χ3n) is 6.02. The van der Waals surface area contributed by atoms with E-state index in [-0.39, 0.29) is 11.3 Å². The molecule has 6 nitrogen and oxygen atoms in total. The Morgan fingerprint density at radius 2 is 1.94 bits per heavy atom. The Morgan fingerprint density at radius 3 is 2.61 bits per heavy atom. The molecular formula is C24H26ClNO5. The van der Waals surface area contributed by atoms with Gasteiger partial charge in [0.2, 0.25) is 0 Å². The Balaban J connectivity index is 2.05. The van der Waals surface area contributed by atoms with Gasteiger partial charge in [-0.05, 0) is 38.6 Å². The van der Waals surface area contributed by atoms with E-state index in [0.717, 1.165) is 12.1 Å². The molecule has 1 aliphatic rings. The summed E-state index contributed by atoms with van der Waals surface area (Å²) in [5.74, 6) is 1.01. The predicted molar refractivity (Wildman–Crippen MR) is 122 cm³/mol. The Kier molecular flexibility index (Phi) is 5.97. The predicted octanol–water partition coefficient (Wildman–Crippen LogP) is 4.22. The molecule has 1 aromatic heterocycles. The summed E-state index contributed by atoms with van der Waals surface area (Å²) in [5, 5.41) is 11.7. The molecule has 0 saturated carbocycles. The van der Waals surface area contributed by atoms with Gasteiger partial charge >= 0.3 is 0 Å². The van der Waals surface area contributed by atoms with Crippen molar-refractivity contribution in [1.29, 1.82) is 0 Å². The molecule has 0 bridgehead atoms. The lowest BCUT2D eigenvalue weighted by Gasteiger charge is -2.34. The van der Waals surface area contributed by atoms with Gasteiger partial charge in [-0.25, -0.2) is 0 Å². The van der Waals surface area contributed by atoms with Crippen LogP contribution >= 0.6 is 11.6 Å². The zero-order chi connectivity index (χ0) is 22.3. The first-order valence-electron chi connectivity index (χ1n) is 10.2. The summed E-state index contributed by atoms with van der Waals surface area (Å²) in [6.07, 6.45) is 0.0787. The summed E-state index contributed by atoms with van der Waals surface area (Å²) in [6.45, 7) is 3.23. The van der Waals surface area contributed by atoms with Crippen molar-refractivity contribution in [1.82, 2.24) is 4.90 Å². The highest BCUT2D eigenvalue weighted by Crippen LogP contribution is 2.43. The number of aryl methyl sites for hydroxylation is 1. The van der Waals surface area contributed by atoms with Gasteiger partial charge in [-0.15, -0.1) is 0 Å². The van der Waals surface area contributed by atoms with Gasteiger partial charge in [0.15, 0.2) is 5.43 Å². The first-order valence-corrected chi connectivity index (χ1v) is 10.6. The van der Waals surface area contributed by atoms with Crippen molar-refractivity contribution >= 4 is 22.6 Å². The number of nitrogens with zero attached hydrogens (tertiary/aromatic N) is 1. The highest BCUT2D eigenvalue weighted by Gasteiger charge is 2.33. The van der Waals surface area contributed by atoms with Crippen LogP contribution in [0.15, 0.2) is 39.5 Å². The van der Waals surface area contributed by atoms with E-state index in [1.165, 1.54) is 13.2 Å². The van der Waals surface area contributed by atoms with E-state index >= 15 is 0 Å². The van der Waals surface area contributed by atoms with Crippen LogP contribution in [0.1, 0.15) is 23.5 Å². The number of likely N-dealkylation sites (N-methyl/N-ethyl adjacent to an activating group) is 1. The van der Waals surface area contributed by atoms with Crippen LogP contribution in [0, 0.1) is 6.92 Å². The summed E-state index contributed by atoms with van der Waals surface area (Å²) in [7, 11) is 5.04. The maximum atomic E-state index is 13.2. The van der Waals surface area contributed by atoms with Crippen molar-refractivity contribution in [3.63, 3.8) is 0 Å². The van der Waals surface area contributed by atoms with Crippen LogP contribution in [0.2, 0.25) is 5.02 Å². The number of rotatable bonds is 4. The highest BCUT2D eigenvalue weighted by molar-refractivity contribution is 6.34. The molecule has 1 aliphatic heterocycles. The summed E-state index contributed by atoms with van der Waals surface area (Å²) in [5.41, 5.74) is 2.33. The maximum Gasteiger partial charge on any atom is 0.197 e. The van der Waals surface area contributed by atoms with Crippen molar-refractivity contribution in [2.24, 2.45) is 0 Å². The molecule has 2 heterocycles. The number of fused-ring (bicyclic) bond motifs is 1. The molecule has 0 amide bonds. The number of β-amino-alcohol motifs (C(OH)–C–C–N with tert-alkyl or cyclic N) is 1. The van der Waals surface area contributed by atoms with Crippen LogP contribution in [0.3, 0.4) is 0 Å². The number of likely N-dealkylation sites (tertiary alicyclic amines) is 1. The van der Waals surface area contributed by atoms with Crippen molar-refractivity contribution in [2.45, 2.75) is 25.4 Å². The Bertz CT molecular complexity index is 1190. The topological polar surface area (TPSA) is 72.1 Å². The fraction of sp³-hybridized carbons (Fsp3) is 0.375. The lowest BCUT2D eigenvalue weighted by Crippen LogP contribution is -2.40. The molecule has 1 saturated heterocycles. The molecule has 0 unspecified atom stereocenters.